The number of halogens is 2. The Morgan fingerprint density at radius 2 is 1.87 bits per heavy atom. The molecule has 0 fully saturated rings. The lowest BCUT2D eigenvalue weighted by Crippen LogP contribution is -2.32. The molecule has 0 saturated carbocycles. The summed E-state index contributed by atoms with van der Waals surface area (Å²) in [7, 11) is 1.57. The van der Waals surface area contributed by atoms with Crippen LogP contribution in [0.2, 0.25) is 10.0 Å². The fraction of sp³-hybridized carbons (Fsp3) is 0.235. The number of ether oxygens (including phenoxy) is 2. The molecular formula is C17H17Cl2NO3. The van der Waals surface area contributed by atoms with Crippen LogP contribution in [0.3, 0.4) is 0 Å². The third-order valence-corrected chi connectivity index (χ3v) is 4.01. The fourth-order valence-electron chi connectivity index (χ4n) is 1.97. The zero-order valence-electron chi connectivity index (χ0n) is 12.8. The molecule has 1 atom stereocenters. The summed E-state index contributed by atoms with van der Waals surface area (Å²) in [5.74, 6) is 0.929. The zero-order valence-corrected chi connectivity index (χ0v) is 14.3. The van der Waals surface area contributed by atoms with Crippen LogP contribution in [0.1, 0.15) is 13.3 Å². The van der Waals surface area contributed by atoms with Crippen molar-refractivity contribution in [1.29, 1.82) is 0 Å². The van der Waals surface area contributed by atoms with E-state index in [1.54, 1.807) is 49.6 Å². The van der Waals surface area contributed by atoms with E-state index in [1.165, 1.54) is 0 Å². The summed E-state index contributed by atoms with van der Waals surface area (Å²) < 4.78 is 10.9. The minimum Gasteiger partial charge on any atom is -0.497 e. The van der Waals surface area contributed by atoms with E-state index < -0.39 is 6.10 Å². The third-order valence-electron chi connectivity index (χ3n) is 3.19. The molecule has 0 bridgehead atoms. The maximum absolute atomic E-state index is 12.4. The Labute approximate surface area is 145 Å². The number of carbonyl (C=O) groups excluding carboxylic acids is 1. The van der Waals surface area contributed by atoms with Crippen molar-refractivity contribution in [2.45, 2.75) is 19.4 Å². The number of benzene rings is 2. The van der Waals surface area contributed by atoms with Crippen LogP contribution in [-0.4, -0.2) is 19.1 Å². The predicted octanol–water partition coefficient (Wildman–Crippen LogP) is 4.80. The number of rotatable bonds is 6. The van der Waals surface area contributed by atoms with Crippen molar-refractivity contribution in [3.8, 4) is 11.5 Å². The number of carbonyl (C=O) groups is 1. The molecule has 2 aromatic rings. The molecule has 0 aromatic heterocycles. The van der Waals surface area contributed by atoms with Gasteiger partial charge in [-0.3, -0.25) is 4.79 Å². The Bertz CT molecular complexity index is 691. The fourth-order valence-corrected chi connectivity index (χ4v) is 2.32. The topological polar surface area (TPSA) is 47.6 Å². The summed E-state index contributed by atoms with van der Waals surface area (Å²) in [6.45, 7) is 1.87. The molecule has 23 heavy (non-hydrogen) atoms. The lowest BCUT2D eigenvalue weighted by atomic mass is 10.2. The summed E-state index contributed by atoms with van der Waals surface area (Å²) >= 11 is 12.0. The molecule has 0 aliphatic rings. The highest BCUT2D eigenvalue weighted by Crippen LogP contribution is 2.30. The highest BCUT2D eigenvalue weighted by Gasteiger charge is 2.20. The van der Waals surface area contributed by atoms with Gasteiger partial charge in [0.2, 0.25) is 0 Å². The summed E-state index contributed by atoms with van der Waals surface area (Å²) in [6.07, 6.45) is -0.154. The molecular weight excluding hydrogens is 337 g/mol. The van der Waals surface area contributed by atoms with Gasteiger partial charge in [-0.25, -0.2) is 0 Å². The van der Waals surface area contributed by atoms with E-state index in [9.17, 15) is 4.79 Å². The Morgan fingerprint density at radius 1 is 1.17 bits per heavy atom. The maximum Gasteiger partial charge on any atom is 0.265 e. The SMILES string of the molecule is CC[C@H](Oc1cccc(OC)c1)C(=O)Nc1cccc(Cl)c1Cl. The highest BCUT2D eigenvalue weighted by atomic mass is 35.5. The molecule has 0 saturated heterocycles. The first-order valence-electron chi connectivity index (χ1n) is 7.10. The first kappa shape index (κ1) is 17.4. The van der Waals surface area contributed by atoms with Gasteiger partial charge in [0, 0.05) is 6.07 Å². The molecule has 0 heterocycles. The average Bonchev–Trinajstić information content (AvgIpc) is 2.57. The van der Waals surface area contributed by atoms with Crippen molar-refractivity contribution >= 4 is 34.8 Å². The molecule has 4 nitrogen and oxygen atoms in total. The quantitative estimate of drug-likeness (QED) is 0.811. The van der Waals surface area contributed by atoms with Crippen LogP contribution in [-0.2, 0) is 4.79 Å². The molecule has 0 unspecified atom stereocenters. The Balaban J connectivity index is 2.10. The van der Waals surface area contributed by atoms with Crippen LogP contribution < -0.4 is 14.8 Å². The molecule has 2 aromatic carbocycles. The van der Waals surface area contributed by atoms with Gasteiger partial charge in [-0.2, -0.15) is 0 Å². The summed E-state index contributed by atoms with van der Waals surface area (Å²) in [5.41, 5.74) is 0.455. The van der Waals surface area contributed by atoms with Crippen LogP contribution in [0, 0.1) is 0 Å². The second-order valence-electron chi connectivity index (χ2n) is 4.78. The Morgan fingerprint density at radius 3 is 2.57 bits per heavy atom. The minimum absolute atomic E-state index is 0.292. The van der Waals surface area contributed by atoms with Gasteiger partial charge in [-0.1, -0.05) is 42.3 Å². The van der Waals surface area contributed by atoms with E-state index >= 15 is 0 Å². The van der Waals surface area contributed by atoms with Crippen molar-refractivity contribution in [3.63, 3.8) is 0 Å². The largest absolute Gasteiger partial charge is 0.497 e. The van der Waals surface area contributed by atoms with Gasteiger partial charge in [0.1, 0.15) is 11.5 Å². The summed E-state index contributed by atoms with van der Waals surface area (Å²) in [5, 5.41) is 3.42. The van der Waals surface area contributed by atoms with Crippen molar-refractivity contribution < 1.29 is 14.3 Å². The van der Waals surface area contributed by atoms with Gasteiger partial charge < -0.3 is 14.8 Å². The normalized spacial score (nSPS) is 11.7. The van der Waals surface area contributed by atoms with Crippen molar-refractivity contribution in [2.75, 3.05) is 12.4 Å². The monoisotopic (exact) mass is 353 g/mol. The molecule has 122 valence electrons. The van der Waals surface area contributed by atoms with Gasteiger partial charge in [-0.15, -0.1) is 0 Å². The standard InChI is InChI=1S/C17H17Cl2NO3/c1-3-15(23-12-7-4-6-11(10-12)22-2)17(21)20-14-9-5-8-13(18)16(14)19/h4-10,15H,3H2,1-2H3,(H,20,21)/t15-/m0/s1. The van der Waals surface area contributed by atoms with Gasteiger partial charge in [-0.05, 0) is 30.7 Å². The van der Waals surface area contributed by atoms with E-state index in [-0.39, 0.29) is 5.91 Å². The minimum atomic E-state index is -0.655. The lowest BCUT2D eigenvalue weighted by Gasteiger charge is -2.18. The van der Waals surface area contributed by atoms with E-state index in [0.29, 0.717) is 33.7 Å². The molecule has 1 amide bonds. The second kappa shape index (κ2) is 8.09. The van der Waals surface area contributed by atoms with E-state index in [1.807, 2.05) is 6.92 Å². The maximum atomic E-state index is 12.4. The zero-order chi connectivity index (χ0) is 16.8. The van der Waals surface area contributed by atoms with Gasteiger partial charge >= 0.3 is 0 Å². The first-order chi connectivity index (χ1) is 11.0. The van der Waals surface area contributed by atoms with Gasteiger partial charge in [0.25, 0.3) is 5.91 Å². The molecule has 6 heteroatoms. The van der Waals surface area contributed by atoms with Crippen LogP contribution >= 0.6 is 23.2 Å². The van der Waals surface area contributed by atoms with Crippen molar-refractivity contribution in [3.05, 3.63) is 52.5 Å². The van der Waals surface area contributed by atoms with Gasteiger partial charge in [0.05, 0.1) is 22.8 Å². The lowest BCUT2D eigenvalue weighted by molar-refractivity contribution is -0.122. The number of hydrogen-bond acceptors (Lipinski definition) is 3. The van der Waals surface area contributed by atoms with E-state index in [4.69, 9.17) is 32.7 Å². The summed E-state index contributed by atoms with van der Waals surface area (Å²) in [4.78, 5) is 12.4. The van der Waals surface area contributed by atoms with E-state index in [0.717, 1.165) is 0 Å². The van der Waals surface area contributed by atoms with E-state index in [2.05, 4.69) is 5.32 Å². The van der Waals surface area contributed by atoms with Crippen LogP contribution in [0.4, 0.5) is 5.69 Å². The number of nitrogens with one attached hydrogen (secondary N) is 1. The second-order valence-corrected chi connectivity index (χ2v) is 5.57. The molecule has 1 N–H and O–H groups in total. The van der Waals surface area contributed by atoms with Gasteiger partial charge in [0.15, 0.2) is 6.10 Å². The number of hydrogen-bond donors (Lipinski definition) is 1. The third kappa shape index (κ3) is 4.53. The number of amides is 1. The van der Waals surface area contributed by atoms with Crippen molar-refractivity contribution in [2.24, 2.45) is 0 Å². The molecule has 0 spiro atoms. The molecule has 2 rings (SSSR count). The predicted molar refractivity (Wildman–Crippen MR) is 92.8 cm³/mol. The molecule has 0 radical (unpaired) electrons. The number of methoxy groups -OCH3 is 1. The Kier molecular flexibility index (Phi) is 6.13. The average molecular weight is 354 g/mol. The van der Waals surface area contributed by atoms with Crippen LogP contribution in [0.25, 0.3) is 0 Å². The first-order valence-corrected chi connectivity index (χ1v) is 7.86. The van der Waals surface area contributed by atoms with Crippen molar-refractivity contribution in [1.82, 2.24) is 0 Å². The van der Waals surface area contributed by atoms with Crippen LogP contribution in [0.15, 0.2) is 42.5 Å². The summed E-state index contributed by atoms with van der Waals surface area (Å²) in [6, 6.07) is 12.2. The number of anilines is 1. The highest BCUT2D eigenvalue weighted by molar-refractivity contribution is 6.44. The van der Waals surface area contributed by atoms with Crippen LogP contribution in [0.5, 0.6) is 11.5 Å². The molecule has 0 aliphatic carbocycles. The smallest absolute Gasteiger partial charge is 0.265 e. The Hall–Kier alpha value is -1.91. The molecule has 0 aliphatic heterocycles.